The van der Waals surface area contributed by atoms with Crippen LogP contribution in [-0.2, 0) is 10.0 Å². The molecular weight excluding hydrogens is 398 g/mol. The van der Waals surface area contributed by atoms with E-state index >= 15 is 0 Å². The van der Waals surface area contributed by atoms with Gasteiger partial charge in [-0.25, -0.2) is 8.42 Å². The molecular formula is C23H35N3O3S. The molecule has 30 heavy (non-hydrogen) atoms. The van der Waals surface area contributed by atoms with Crippen molar-refractivity contribution in [3.05, 3.63) is 29.3 Å². The van der Waals surface area contributed by atoms with E-state index in [0.29, 0.717) is 18.2 Å². The lowest BCUT2D eigenvalue weighted by molar-refractivity contribution is 0.0572. The summed E-state index contributed by atoms with van der Waals surface area (Å²) in [5, 5.41) is 0. The average molecular weight is 434 g/mol. The number of benzene rings is 1. The van der Waals surface area contributed by atoms with Crippen molar-refractivity contribution in [3.63, 3.8) is 0 Å². The van der Waals surface area contributed by atoms with Crippen LogP contribution in [0, 0.1) is 6.92 Å². The molecule has 1 amide bonds. The lowest BCUT2D eigenvalue weighted by Gasteiger charge is -2.38. The molecule has 1 aromatic carbocycles. The van der Waals surface area contributed by atoms with Crippen LogP contribution in [0.2, 0.25) is 0 Å². The number of piperazine rings is 1. The fourth-order valence-electron chi connectivity index (χ4n) is 5.29. The average Bonchev–Trinajstić information content (AvgIpc) is 3.29. The number of piperidine rings is 1. The summed E-state index contributed by atoms with van der Waals surface area (Å²) in [6.45, 7) is 7.69. The molecule has 2 heterocycles. The topological polar surface area (TPSA) is 60.9 Å². The summed E-state index contributed by atoms with van der Waals surface area (Å²) in [6, 6.07) is 5.74. The Balaban J connectivity index is 1.50. The standard InChI is InChI=1S/C23H35N3O3S/c1-18-10-11-21(30(28,29)26-12-6-5-7-19(26)2)17-22(18)23(27)25-15-13-24(14-16-25)20-8-3-4-9-20/h10-11,17,19-20H,3-9,12-16H2,1-2H3. The first-order chi connectivity index (χ1) is 14.4. The molecule has 7 heteroatoms. The minimum atomic E-state index is -3.58. The van der Waals surface area contributed by atoms with E-state index in [1.807, 2.05) is 18.7 Å². The number of carbonyl (C=O) groups excluding carboxylic acids is 1. The highest BCUT2D eigenvalue weighted by Crippen LogP contribution is 2.28. The van der Waals surface area contributed by atoms with Crippen molar-refractivity contribution >= 4 is 15.9 Å². The second kappa shape index (κ2) is 8.97. The number of sulfonamides is 1. The molecule has 166 valence electrons. The van der Waals surface area contributed by atoms with Gasteiger partial charge >= 0.3 is 0 Å². The molecule has 1 saturated carbocycles. The summed E-state index contributed by atoms with van der Waals surface area (Å²) >= 11 is 0. The summed E-state index contributed by atoms with van der Waals surface area (Å²) in [5.41, 5.74) is 1.36. The molecule has 1 unspecified atom stereocenters. The maximum atomic E-state index is 13.3. The van der Waals surface area contributed by atoms with Crippen LogP contribution in [0.1, 0.15) is 67.8 Å². The minimum absolute atomic E-state index is 0.00729. The highest BCUT2D eigenvalue weighted by Gasteiger charge is 2.33. The third-order valence-corrected chi connectivity index (χ3v) is 9.24. The van der Waals surface area contributed by atoms with Crippen molar-refractivity contribution in [1.29, 1.82) is 0 Å². The van der Waals surface area contributed by atoms with E-state index in [1.165, 1.54) is 25.7 Å². The second-order valence-corrected chi connectivity index (χ2v) is 11.1. The van der Waals surface area contributed by atoms with Crippen molar-refractivity contribution in [2.45, 2.75) is 75.8 Å². The molecule has 3 fully saturated rings. The lowest BCUT2D eigenvalue weighted by atomic mass is 10.1. The monoisotopic (exact) mass is 433 g/mol. The number of carbonyl (C=O) groups is 1. The maximum Gasteiger partial charge on any atom is 0.254 e. The zero-order valence-corrected chi connectivity index (χ0v) is 19.2. The van der Waals surface area contributed by atoms with Crippen LogP contribution in [0.3, 0.4) is 0 Å². The number of nitrogens with zero attached hydrogens (tertiary/aromatic N) is 3. The first-order valence-corrected chi connectivity index (χ1v) is 13.0. The molecule has 2 aliphatic heterocycles. The van der Waals surface area contributed by atoms with Gasteiger partial charge in [-0.15, -0.1) is 0 Å². The van der Waals surface area contributed by atoms with Crippen LogP contribution < -0.4 is 0 Å². The Hall–Kier alpha value is -1.44. The maximum absolute atomic E-state index is 13.3. The van der Waals surface area contributed by atoms with Gasteiger partial charge in [0.15, 0.2) is 0 Å². The number of rotatable bonds is 4. The van der Waals surface area contributed by atoms with Gasteiger partial charge in [-0.1, -0.05) is 25.3 Å². The SMILES string of the molecule is Cc1ccc(S(=O)(=O)N2CCCCC2C)cc1C(=O)N1CCN(C2CCCC2)CC1. The van der Waals surface area contributed by atoms with Gasteiger partial charge in [-0.05, 0) is 57.2 Å². The van der Waals surface area contributed by atoms with E-state index in [2.05, 4.69) is 4.90 Å². The van der Waals surface area contributed by atoms with Gasteiger partial charge in [0.1, 0.15) is 0 Å². The number of hydrogen-bond donors (Lipinski definition) is 0. The highest BCUT2D eigenvalue weighted by atomic mass is 32.2. The number of amides is 1. The smallest absolute Gasteiger partial charge is 0.254 e. The Kier molecular flexibility index (Phi) is 6.51. The zero-order chi connectivity index (χ0) is 21.3. The van der Waals surface area contributed by atoms with Crippen LogP contribution in [0.4, 0.5) is 0 Å². The molecule has 4 rings (SSSR count). The Morgan fingerprint density at radius 2 is 1.60 bits per heavy atom. The van der Waals surface area contributed by atoms with Gasteiger partial charge in [0.2, 0.25) is 10.0 Å². The summed E-state index contributed by atoms with van der Waals surface area (Å²) in [5.74, 6) is -0.0395. The summed E-state index contributed by atoms with van der Waals surface area (Å²) < 4.78 is 28.1. The Labute approximate surface area is 181 Å². The molecule has 3 aliphatic rings. The Morgan fingerprint density at radius 3 is 2.27 bits per heavy atom. The molecule has 0 bridgehead atoms. The molecule has 0 spiro atoms. The zero-order valence-electron chi connectivity index (χ0n) is 18.3. The molecule has 1 aromatic rings. The molecule has 0 radical (unpaired) electrons. The fourth-order valence-corrected chi connectivity index (χ4v) is 7.01. The summed E-state index contributed by atoms with van der Waals surface area (Å²) in [7, 11) is -3.58. The van der Waals surface area contributed by atoms with Crippen molar-refractivity contribution in [3.8, 4) is 0 Å². The van der Waals surface area contributed by atoms with Gasteiger partial charge in [-0.2, -0.15) is 4.31 Å². The van der Waals surface area contributed by atoms with E-state index in [9.17, 15) is 13.2 Å². The van der Waals surface area contributed by atoms with E-state index in [1.54, 1.807) is 22.5 Å². The van der Waals surface area contributed by atoms with Gasteiger partial charge in [0.25, 0.3) is 5.91 Å². The lowest BCUT2D eigenvalue weighted by Crippen LogP contribution is -2.51. The van der Waals surface area contributed by atoms with E-state index in [0.717, 1.165) is 51.0 Å². The molecule has 6 nitrogen and oxygen atoms in total. The van der Waals surface area contributed by atoms with Crippen molar-refractivity contribution in [2.24, 2.45) is 0 Å². The highest BCUT2D eigenvalue weighted by molar-refractivity contribution is 7.89. The summed E-state index contributed by atoms with van der Waals surface area (Å²) in [6.07, 6.45) is 8.05. The summed E-state index contributed by atoms with van der Waals surface area (Å²) in [4.78, 5) is 17.9. The fraction of sp³-hybridized carbons (Fsp3) is 0.696. The van der Waals surface area contributed by atoms with Crippen molar-refractivity contribution < 1.29 is 13.2 Å². The molecule has 0 aromatic heterocycles. The number of hydrogen-bond acceptors (Lipinski definition) is 4. The van der Waals surface area contributed by atoms with Gasteiger partial charge in [0, 0.05) is 50.4 Å². The third kappa shape index (κ3) is 4.30. The Bertz CT molecular complexity index is 872. The van der Waals surface area contributed by atoms with E-state index in [4.69, 9.17) is 0 Å². The molecule has 1 aliphatic carbocycles. The Morgan fingerprint density at radius 1 is 0.933 bits per heavy atom. The molecule has 1 atom stereocenters. The predicted octanol–water partition coefficient (Wildman–Crippen LogP) is 3.26. The quantitative estimate of drug-likeness (QED) is 0.731. The second-order valence-electron chi connectivity index (χ2n) is 9.20. The van der Waals surface area contributed by atoms with Gasteiger partial charge < -0.3 is 4.90 Å². The van der Waals surface area contributed by atoms with Crippen LogP contribution in [0.15, 0.2) is 23.1 Å². The van der Waals surface area contributed by atoms with Crippen LogP contribution in [-0.4, -0.2) is 73.2 Å². The third-order valence-electron chi connectivity index (χ3n) is 7.23. The minimum Gasteiger partial charge on any atom is -0.336 e. The van der Waals surface area contributed by atoms with Crippen LogP contribution >= 0.6 is 0 Å². The van der Waals surface area contributed by atoms with Crippen LogP contribution in [0.5, 0.6) is 0 Å². The van der Waals surface area contributed by atoms with Crippen molar-refractivity contribution in [1.82, 2.24) is 14.1 Å². The normalized spacial score (nSPS) is 25.0. The van der Waals surface area contributed by atoms with E-state index in [-0.39, 0.29) is 16.8 Å². The predicted molar refractivity (Wildman–Crippen MR) is 118 cm³/mol. The first kappa shape index (κ1) is 21.8. The molecule has 2 saturated heterocycles. The molecule has 0 N–H and O–H groups in total. The van der Waals surface area contributed by atoms with E-state index < -0.39 is 10.0 Å². The largest absolute Gasteiger partial charge is 0.336 e. The van der Waals surface area contributed by atoms with Crippen molar-refractivity contribution in [2.75, 3.05) is 32.7 Å². The van der Waals surface area contributed by atoms with Gasteiger partial charge in [-0.3, -0.25) is 9.69 Å². The first-order valence-electron chi connectivity index (χ1n) is 11.5. The number of aryl methyl sites for hydroxylation is 1. The van der Waals surface area contributed by atoms with Crippen LogP contribution in [0.25, 0.3) is 0 Å². The van der Waals surface area contributed by atoms with Gasteiger partial charge in [0.05, 0.1) is 4.90 Å².